The summed E-state index contributed by atoms with van der Waals surface area (Å²) in [7, 11) is 0. The Hall–Kier alpha value is -1.96. The van der Waals surface area contributed by atoms with Gasteiger partial charge in [-0.3, -0.25) is 0 Å². The van der Waals surface area contributed by atoms with E-state index >= 15 is 0 Å². The van der Waals surface area contributed by atoms with Crippen molar-refractivity contribution in [3.8, 4) is 11.5 Å². The van der Waals surface area contributed by atoms with Crippen LogP contribution in [0.3, 0.4) is 0 Å². The second-order valence-electron chi connectivity index (χ2n) is 5.21. The van der Waals surface area contributed by atoms with Crippen molar-refractivity contribution in [3.63, 3.8) is 0 Å². The monoisotopic (exact) mass is 270 g/mol. The molecule has 0 aliphatic rings. The minimum atomic E-state index is 0.242. The standard InChI is InChI=1S/C18H22O2/c1-4-13-10-15(6-8-17(13)19)12(3)16-7-9-18(20)14(5-2)11-16/h6-12,19-20H,4-5H2,1-3H3. The maximum Gasteiger partial charge on any atom is 0.118 e. The van der Waals surface area contributed by atoms with Crippen LogP contribution in [0.5, 0.6) is 11.5 Å². The zero-order valence-corrected chi connectivity index (χ0v) is 12.4. The lowest BCUT2D eigenvalue weighted by Gasteiger charge is -2.16. The maximum absolute atomic E-state index is 9.77. The van der Waals surface area contributed by atoms with Crippen molar-refractivity contribution in [1.82, 2.24) is 0 Å². The summed E-state index contributed by atoms with van der Waals surface area (Å²) in [6.07, 6.45) is 1.64. The third kappa shape index (κ3) is 2.79. The lowest BCUT2D eigenvalue weighted by atomic mass is 9.90. The molecule has 0 amide bonds. The fourth-order valence-corrected chi connectivity index (χ4v) is 2.51. The molecule has 0 spiro atoms. The Balaban J connectivity index is 2.38. The number of phenols is 2. The number of rotatable bonds is 4. The summed E-state index contributed by atoms with van der Waals surface area (Å²) in [5.74, 6) is 0.971. The predicted molar refractivity (Wildman–Crippen MR) is 82.5 cm³/mol. The zero-order valence-electron chi connectivity index (χ0n) is 12.4. The molecule has 0 heterocycles. The molecule has 0 radical (unpaired) electrons. The van der Waals surface area contributed by atoms with E-state index in [1.807, 2.05) is 26.0 Å². The third-order valence-electron chi connectivity index (χ3n) is 3.97. The highest BCUT2D eigenvalue weighted by Crippen LogP contribution is 2.30. The van der Waals surface area contributed by atoms with Crippen molar-refractivity contribution < 1.29 is 10.2 Å². The van der Waals surface area contributed by atoms with Crippen LogP contribution >= 0.6 is 0 Å². The van der Waals surface area contributed by atoms with Crippen molar-refractivity contribution in [1.29, 1.82) is 0 Å². The first-order valence-corrected chi connectivity index (χ1v) is 7.20. The SMILES string of the molecule is CCc1cc(C(C)c2ccc(O)c(CC)c2)ccc1O. The first-order chi connectivity index (χ1) is 9.56. The van der Waals surface area contributed by atoms with E-state index in [0.717, 1.165) is 24.0 Å². The van der Waals surface area contributed by atoms with E-state index in [4.69, 9.17) is 0 Å². The normalized spacial score (nSPS) is 11.0. The average molecular weight is 270 g/mol. The molecule has 0 fully saturated rings. The molecule has 0 unspecified atom stereocenters. The summed E-state index contributed by atoms with van der Waals surface area (Å²) in [5, 5.41) is 19.5. The second kappa shape index (κ2) is 6.00. The molecule has 2 heteroatoms. The maximum atomic E-state index is 9.77. The number of aryl methyl sites for hydroxylation is 2. The molecule has 20 heavy (non-hydrogen) atoms. The molecular formula is C18H22O2. The zero-order chi connectivity index (χ0) is 14.7. The van der Waals surface area contributed by atoms with Gasteiger partial charge in [0, 0.05) is 5.92 Å². The van der Waals surface area contributed by atoms with Crippen molar-refractivity contribution >= 4 is 0 Å². The molecule has 0 aliphatic carbocycles. The smallest absolute Gasteiger partial charge is 0.118 e. The van der Waals surface area contributed by atoms with Crippen LogP contribution in [-0.2, 0) is 12.8 Å². The topological polar surface area (TPSA) is 40.5 Å². The van der Waals surface area contributed by atoms with Crippen molar-refractivity contribution in [2.45, 2.75) is 39.5 Å². The number of aromatic hydroxyl groups is 2. The van der Waals surface area contributed by atoms with Gasteiger partial charge >= 0.3 is 0 Å². The Morgan fingerprint density at radius 3 is 1.55 bits per heavy atom. The van der Waals surface area contributed by atoms with Gasteiger partial charge in [-0.15, -0.1) is 0 Å². The van der Waals surface area contributed by atoms with E-state index in [-0.39, 0.29) is 5.92 Å². The molecule has 0 aromatic heterocycles. The fourth-order valence-electron chi connectivity index (χ4n) is 2.51. The number of benzene rings is 2. The van der Waals surface area contributed by atoms with Gasteiger partial charge in [-0.25, -0.2) is 0 Å². The summed E-state index contributed by atoms with van der Waals surface area (Å²) in [6.45, 7) is 6.23. The highest BCUT2D eigenvalue weighted by atomic mass is 16.3. The highest BCUT2D eigenvalue weighted by molar-refractivity contribution is 5.43. The Morgan fingerprint density at radius 1 is 0.800 bits per heavy atom. The van der Waals surface area contributed by atoms with Crippen molar-refractivity contribution in [3.05, 3.63) is 58.7 Å². The van der Waals surface area contributed by atoms with Gasteiger partial charge in [0.15, 0.2) is 0 Å². The van der Waals surface area contributed by atoms with Gasteiger partial charge in [0.25, 0.3) is 0 Å². The minimum absolute atomic E-state index is 0.242. The van der Waals surface area contributed by atoms with E-state index in [1.165, 1.54) is 11.1 Å². The Morgan fingerprint density at radius 2 is 1.20 bits per heavy atom. The van der Waals surface area contributed by atoms with Crippen LogP contribution in [0.4, 0.5) is 0 Å². The summed E-state index contributed by atoms with van der Waals surface area (Å²) < 4.78 is 0. The first-order valence-electron chi connectivity index (χ1n) is 7.20. The van der Waals surface area contributed by atoms with E-state index < -0.39 is 0 Å². The van der Waals surface area contributed by atoms with E-state index in [1.54, 1.807) is 12.1 Å². The van der Waals surface area contributed by atoms with Crippen LogP contribution in [0.25, 0.3) is 0 Å². The number of phenolic OH excluding ortho intramolecular Hbond substituents is 2. The first kappa shape index (κ1) is 14.4. The van der Waals surface area contributed by atoms with Crippen molar-refractivity contribution in [2.24, 2.45) is 0 Å². The largest absolute Gasteiger partial charge is 0.508 e. The number of hydrogen-bond acceptors (Lipinski definition) is 2. The third-order valence-corrected chi connectivity index (χ3v) is 3.97. The molecule has 0 saturated carbocycles. The fraction of sp³-hybridized carbons (Fsp3) is 0.333. The molecular weight excluding hydrogens is 248 g/mol. The predicted octanol–water partition coefficient (Wildman–Crippen LogP) is 4.37. The molecule has 0 aliphatic heterocycles. The lowest BCUT2D eigenvalue weighted by Crippen LogP contribution is -1.98. The van der Waals surface area contributed by atoms with Crippen LogP contribution < -0.4 is 0 Å². The molecule has 0 atom stereocenters. The van der Waals surface area contributed by atoms with Crippen LogP contribution in [0.1, 0.15) is 48.9 Å². The van der Waals surface area contributed by atoms with Crippen LogP contribution in [0, 0.1) is 0 Å². The van der Waals surface area contributed by atoms with Crippen LogP contribution in [0.15, 0.2) is 36.4 Å². The molecule has 2 rings (SSSR count). The summed E-state index contributed by atoms with van der Waals surface area (Å²) >= 11 is 0. The van der Waals surface area contributed by atoms with Gasteiger partial charge in [0.2, 0.25) is 0 Å². The summed E-state index contributed by atoms with van der Waals surface area (Å²) in [4.78, 5) is 0. The average Bonchev–Trinajstić information content (AvgIpc) is 2.47. The van der Waals surface area contributed by atoms with Crippen LogP contribution in [-0.4, -0.2) is 10.2 Å². The molecule has 2 nitrogen and oxygen atoms in total. The Labute approximate surface area is 120 Å². The minimum Gasteiger partial charge on any atom is -0.508 e. The second-order valence-corrected chi connectivity index (χ2v) is 5.21. The molecule has 2 aromatic carbocycles. The van der Waals surface area contributed by atoms with Gasteiger partial charge < -0.3 is 10.2 Å². The number of hydrogen-bond donors (Lipinski definition) is 2. The molecule has 0 bridgehead atoms. The summed E-state index contributed by atoms with van der Waals surface area (Å²) in [6, 6.07) is 11.6. The van der Waals surface area contributed by atoms with E-state index in [0.29, 0.717) is 11.5 Å². The van der Waals surface area contributed by atoms with Gasteiger partial charge in [-0.05, 0) is 47.2 Å². The molecule has 106 valence electrons. The highest BCUT2D eigenvalue weighted by Gasteiger charge is 2.12. The van der Waals surface area contributed by atoms with Gasteiger partial charge in [0.1, 0.15) is 11.5 Å². The van der Waals surface area contributed by atoms with Crippen molar-refractivity contribution in [2.75, 3.05) is 0 Å². The quantitative estimate of drug-likeness (QED) is 0.865. The summed E-state index contributed by atoms with van der Waals surface area (Å²) in [5.41, 5.74) is 4.33. The van der Waals surface area contributed by atoms with Gasteiger partial charge in [-0.2, -0.15) is 0 Å². The van der Waals surface area contributed by atoms with Gasteiger partial charge in [-0.1, -0.05) is 45.0 Å². The Kier molecular flexibility index (Phi) is 4.33. The lowest BCUT2D eigenvalue weighted by molar-refractivity contribution is 0.468. The van der Waals surface area contributed by atoms with Crippen LogP contribution in [0.2, 0.25) is 0 Å². The van der Waals surface area contributed by atoms with E-state index in [2.05, 4.69) is 19.1 Å². The molecule has 2 N–H and O–H groups in total. The Bertz CT molecular complexity index is 549. The molecule has 2 aromatic rings. The molecule has 0 saturated heterocycles. The van der Waals surface area contributed by atoms with Gasteiger partial charge in [0.05, 0.1) is 0 Å². The van der Waals surface area contributed by atoms with E-state index in [9.17, 15) is 10.2 Å².